The summed E-state index contributed by atoms with van der Waals surface area (Å²) >= 11 is 0. The standard InChI is InChI=1S/C18H23FN4O2/c1-24-16-5-2-13(10-15(16)19)11-22-6-8-23(9-7-22)12-17-20-18(25-21-17)14-3-4-14/h2,5,10,14H,3-4,6-9,11-12H2,1H3. The van der Waals surface area contributed by atoms with Crippen LogP contribution in [0.1, 0.15) is 36.0 Å². The molecule has 2 aliphatic rings. The molecule has 1 saturated carbocycles. The van der Waals surface area contributed by atoms with Gasteiger partial charge >= 0.3 is 0 Å². The molecule has 1 aromatic heterocycles. The first-order valence-electron chi connectivity index (χ1n) is 8.81. The van der Waals surface area contributed by atoms with Gasteiger partial charge in [0, 0.05) is 38.6 Å². The lowest BCUT2D eigenvalue weighted by molar-refractivity contribution is 0.119. The predicted molar refractivity (Wildman–Crippen MR) is 89.8 cm³/mol. The van der Waals surface area contributed by atoms with E-state index in [0.717, 1.165) is 56.5 Å². The fraction of sp³-hybridized carbons (Fsp3) is 0.556. The molecule has 1 aromatic carbocycles. The minimum atomic E-state index is -0.304. The molecule has 1 saturated heterocycles. The number of benzene rings is 1. The Balaban J connectivity index is 1.26. The van der Waals surface area contributed by atoms with Crippen molar-refractivity contribution in [2.75, 3.05) is 33.3 Å². The summed E-state index contributed by atoms with van der Waals surface area (Å²) in [6.45, 7) is 5.28. The van der Waals surface area contributed by atoms with Crippen molar-refractivity contribution in [2.24, 2.45) is 0 Å². The van der Waals surface area contributed by atoms with Gasteiger partial charge in [0.2, 0.25) is 5.89 Å². The fourth-order valence-electron chi connectivity index (χ4n) is 3.20. The van der Waals surface area contributed by atoms with Gasteiger partial charge in [0.15, 0.2) is 17.4 Å². The van der Waals surface area contributed by atoms with Crippen LogP contribution in [0.15, 0.2) is 22.7 Å². The minimum absolute atomic E-state index is 0.291. The summed E-state index contributed by atoms with van der Waals surface area (Å²) in [5, 5.41) is 4.09. The van der Waals surface area contributed by atoms with Crippen LogP contribution in [-0.4, -0.2) is 53.2 Å². The van der Waals surface area contributed by atoms with Crippen molar-refractivity contribution in [3.63, 3.8) is 0 Å². The van der Waals surface area contributed by atoms with Gasteiger partial charge in [-0.3, -0.25) is 9.80 Å². The van der Waals surface area contributed by atoms with Gasteiger partial charge in [-0.2, -0.15) is 4.98 Å². The Kier molecular flexibility index (Phi) is 4.67. The molecule has 1 aliphatic heterocycles. The summed E-state index contributed by atoms with van der Waals surface area (Å²) in [6.07, 6.45) is 2.35. The van der Waals surface area contributed by atoms with Crippen molar-refractivity contribution in [2.45, 2.75) is 31.8 Å². The van der Waals surface area contributed by atoms with Crippen LogP contribution in [0.3, 0.4) is 0 Å². The Hall–Kier alpha value is -1.99. The van der Waals surface area contributed by atoms with Crippen molar-refractivity contribution < 1.29 is 13.7 Å². The molecular weight excluding hydrogens is 323 g/mol. The predicted octanol–water partition coefficient (Wildman–Crippen LogP) is 2.41. The first-order chi connectivity index (χ1) is 12.2. The van der Waals surface area contributed by atoms with Crippen LogP contribution in [-0.2, 0) is 13.1 Å². The molecule has 0 N–H and O–H groups in total. The lowest BCUT2D eigenvalue weighted by Gasteiger charge is -2.34. The number of methoxy groups -OCH3 is 1. The van der Waals surface area contributed by atoms with Crippen molar-refractivity contribution >= 4 is 0 Å². The molecule has 0 bridgehead atoms. The van der Waals surface area contributed by atoms with Gasteiger partial charge in [-0.25, -0.2) is 4.39 Å². The van der Waals surface area contributed by atoms with Gasteiger partial charge in [0.05, 0.1) is 13.7 Å². The van der Waals surface area contributed by atoms with Crippen molar-refractivity contribution in [3.05, 3.63) is 41.3 Å². The molecule has 7 heteroatoms. The summed E-state index contributed by atoms with van der Waals surface area (Å²) in [5.74, 6) is 2.08. The number of piperazine rings is 1. The maximum atomic E-state index is 13.8. The van der Waals surface area contributed by atoms with Crippen molar-refractivity contribution in [3.8, 4) is 5.75 Å². The van der Waals surface area contributed by atoms with Crippen molar-refractivity contribution in [1.82, 2.24) is 19.9 Å². The zero-order valence-corrected chi connectivity index (χ0v) is 14.4. The van der Waals surface area contributed by atoms with E-state index in [2.05, 4.69) is 19.9 Å². The second kappa shape index (κ2) is 7.09. The van der Waals surface area contributed by atoms with Crippen LogP contribution >= 0.6 is 0 Å². The molecule has 2 heterocycles. The minimum Gasteiger partial charge on any atom is -0.494 e. The van der Waals surface area contributed by atoms with Crippen LogP contribution in [0.4, 0.5) is 4.39 Å². The van der Waals surface area contributed by atoms with E-state index in [-0.39, 0.29) is 5.82 Å². The van der Waals surface area contributed by atoms with Gasteiger partial charge in [0.25, 0.3) is 0 Å². The average Bonchev–Trinajstić information content (AvgIpc) is 3.37. The number of halogens is 1. The molecule has 0 spiro atoms. The van der Waals surface area contributed by atoms with E-state index in [1.807, 2.05) is 6.07 Å². The van der Waals surface area contributed by atoms with E-state index in [1.165, 1.54) is 20.0 Å². The van der Waals surface area contributed by atoms with Gasteiger partial charge < -0.3 is 9.26 Å². The number of nitrogens with zero attached hydrogens (tertiary/aromatic N) is 4. The first kappa shape index (κ1) is 16.5. The largest absolute Gasteiger partial charge is 0.494 e. The quantitative estimate of drug-likeness (QED) is 0.801. The Morgan fingerprint density at radius 3 is 2.52 bits per heavy atom. The van der Waals surface area contributed by atoms with Gasteiger partial charge in [0.1, 0.15) is 0 Å². The van der Waals surface area contributed by atoms with Gasteiger partial charge in [-0.05, 0) is 30.5 Å². The zero-order valence-electron chi connectivity index (χ0n) is 14.4. The first-order valence-corrected chi connectivity index (χ1v) is 8.81. The molecule has 0 radical (unpaired) electrons. The highest BCUT2D eigenvalue weighted by atomic mass is 19.1. The molecule has 0 unspecified atom stereocenters. The smallest absolute Gasteiger partial charge is 0.229 e. The van der Waals surface area contributed by atoms with E-state index < -0.39 is 0 Å². The third kappa shape index (κ3) is 3.99. The van der Waals surface area contributed by atoms with Crippen LogP contribution < -0.4 is 4.74 Å². The molecule has 4 rings (SSSR count). The molecule has 25 heavy (non-hydrogen) atoms. The Bertz CT molecular complexity index is 724. The maximum absolute atomic E-state index is 13.8. The second-order valence-corrected chi connectivity index (χ2v) is 6.84. The average molecular weight is 346 g/mol. The summed E-state index contributed by atoms with van der Waals surface area (Å²) < 4.78 is 24.1. The topological polar surface area (TPSA) is 54.6 Å². The van der Waals surface area contributed by atoms with Crippen molar-refractivity contribution in [1.29, 1.82) is 0 Å². The molecule has 0 amide bonds. The SMILES string of the molecule is COc1ccc(CN2CCN(Cc3noc(C4CC4)n3)CC2)cc1F. The molecule has 2 aromatic rings. The fourth-order valence-corrected chi connectivity index (χ4v) is 3.20. The molecule has 1 aliphatic carbocycles. The highest BCUT2D eigenvalue weighted by Crippen LogP contribution is 2.38. The summed E-state index contributed by atoms with van der Waals surface area (Å²) in [5.41, 5.74) is 0.971. The number of ether oxygens (including phenoxy) is 1. The van der Waals surface area contributed by atoms with E-state index in [0.29, 0.717) is 11.7 Å². The summed E-state index contributed by atoms with van der Waals surface area (Å²) in [6, 6.07) is 5.17. The number of hydrogen-bond donors (Lipinski definition) is 0. The molecular formula is C18H23FN4O2. The Labute approximate surface area is 146 Å². The van der Waals surface area contributed by atoms with Crippen LogP contribution in [0, 0.1) is 5.82 Å². The Morgan fingerprint density at radius 1 is 1.16 bits per heavy atom. The monoisotopic (exact) mass is 346 g/mol. The van der Waals surface area contributed by atoms with Crippen LogP contribution in [0.25, 0.3) is 0 Å². The number of rotatable bonds is 6. The van der Waals surface area contributed by atoms with Gasteiger partial charge in [-0.15, -0.1) is 0 Å². The highest BCUT2D eigenvalue weighted by molar-refractivity contribution is 5.29. The number of hydrogen-bond acceptors (Lipinski definition) is 6. The molecule has 0 atom stereocenters. The number of aromatic nitrogens is 2. The lowest BCUT2D eigenvalue weighted by Crippen LogP contribution is -2.45. The van der Waals surface area contributed by atoms with Crippen LogP contribution in [0.2, 0.25) is 0 Å². The third-order valence-corrected chi connectivity index (χ3v) is 4.86. The van der Waals surface area contributed by atoms with E-state index >= 15 is 0 Å². The zero-order chi connectivity index (χ0) is 17.2. The third-order valence-electron chi connectivity index (χ3n) is 4.86. The van der Waals surface area contributed by atoms with Crippen LogP contribution in [0.5, 0.6) is 5.75 Å². The van der Waals surface area contributed by atoms with E-state index in [9.17, 15) is 4.39 Å². The summed E-state index contributed by atoms with van der Waals surface area (Å²) in [7, 11) is 1.48. The van der Waals surface area contributed by atoms with E-state index in [1.54, 1.807) is 12.1 Å². The second-order valence-electron chi connectivity index (χ2n) is 6.84. The van der Waals surface area contributed by atoms with Gasteiger partial charge in [-0.1, -0.05) is 11.2 Å². The highest BCUT2D eigenvalue weighted by Gasteiger charge is 2.30. The molecule has 2 fully saturated rings. The molecule has 134 valence electrons. The summed E-state index contributed by atoms with van der Waals surface area (Å²) in [4.78, 5) is 9.17. The maximum Gasteiger partial charge on any atom is 0.229 e. The Morgan fingerprint density at radius 2 is 1.88 bits per heavy atom. The molecule has 6 nitrogen and oxygen atoms in total. The normalized spacial score (nSPS) is 19.3. The lowest BCUT2D eigenvalue weighted by atomic mass is 10.2. The van der Waals surface area contributed by atoms with E-state index in [4.69, 9.17) is 9.26 Å².